The molecule has 0 fully saturated rings. The van der Waals surface area contributed by atoms with E-state index < -0.39 is 5.97 Å². The summed E-state index contributed by atoms with van der Waals surface area (Å²) in [7, 11) is 1.57. The Morgan fingerprint density at radius 3 is 2.60 bits per heavy atom. The molecule has 0 saturated carbocycles. The molecule has 0 atom stereocenters. The molecule has 1 heterocycles. The van der Waals surface area contributed by atoms with Crippen molar-refractivity contribution >= 4 is 19.5 Å². The molecule has 52 valence electrons. The predicted molar refractivity (Wildman–Crippen MR) is 36.4 cm³/mol. The summed E-state index contributed by atoms with van der Waals surface area (Å²) in [4.78, 5) is 14.0. The number of aromatic nitrogens is 1. The largest absolute Gasteiger partial charge is 0.476 e. The molecule has 1 rings (SSSR count). The van der Waals surface area contributed by atoms with E-state index in [1.54, 1.807) is 14.8 Å². The SMILES string of the molecule is Bc1oc(C)nc1C(=O)O. The summed E-state index contributed by atoms with van der Waals surface area (Å²) in [6.07, 6.45) is 0. The van der Waals surface area contributed by atoms with Crippen LogP contribution in [0.3, 0.4) is 0 Å². The Labute approximate surface area is 58.3 Å². The maximum Gasteiger partial charge on any atom is 0.357 e. The average molecular weight is 139 g/mol. The van der Waals surface area contributed by atoms with Crippen molar-refractivity contribution in [3.05, 3.63) is 11.6 Å². The molecule has 0 unspecified atom stereocenters. The summed E-state index contributed by atoms with van der Waals surface area (Å²) < 4.78 is 4.88. The fraction of sp³-hybridized carbons (Fsp3) is 0.200. The summed E-state index contributed by atoms with van der Waals surface area (Å²) in [6, 6.07) is 0. The molecule has 1 N–H and O–H groups in total. The molecule has 0 amide bonds. The number of hydrogen-bond acceptors (Lipinski definition) is 3. The molecule has 0 bridgehead atoms. The predicted octanol–water partition coefficient (Wildman–Crippen LogP) is -1.06. The van der Waals surface area contributed by atoms with Gasteiger partial charge in [-0.3, -0.25) is 0 Å². The zero-order valence-electron chi connectivity index (χ0n) is 5.71. The van der Waals surface area contributed by atoms with Gasteiger partial charge in [0.1, 0.15) is 0 Å². The van der Waals surface area contributed by atoms with E-state index in [9.17, 15) is 4.79 Å². The number of rotatable bonds is 1. The van der Waals surface area contributed by atoms with Crippen LogP contribution in [0.15, 0.2) is 4.42 Å². The minimum atomic E-state index is -1.05. The topological polar surface area (TPSA) is 63.3 Å². The molecule has 1 aromatic rings. The molecule has 4 nitrogen and oxygen atoms in total. The standard InChI is InChI=1S/C5H6BNO3/c1-2-7-3(5(8)9)4(6)10-2/h6H2,1H3,(H,8,9). The lowest BCUT2D eigenvalue weighted by atomic mass is 10.0. The van der Waals surface area contributed by atoms with Gasteiger partial charge < -0.3 is 9.52 Å². The Morgan fingerprint density at radius 2 is 2.40 bits per heavy atom. The Bertz CT molecular complexity index is 268. The Kier molecular flexibility index (Phi) is 1.49. The summed E-state index contributed by atoms with van der Waals surface area (Å²) in [5, 5.41) is 8.46. The van der Waals surface area contributed by atoms with Crippen molar-refractivity contribution in [3.8, 4) is 0 Å². The molecule has 0 aromatic carbocycles. The first-order valence-electron chi connectivity index (χ1n) is 2.78. The van der Waals surface area contributed by atoms with E-state index in [1.807, 2.05) is 0 Å². The first kappa shape index (κ1) is 6.86. The molecule has 1 aromatic heterocycles. The minimum absolute atomic E-state index is 0.00231. The van der Waals surface area contributed by atoms with Gasteiger partial charge in [-0.1, -0.05) is 0 Å². The van der Waals surface area contributed by atoms with Crippen LogP contribution in [0, 0.1) is 6.92 Å². The number of carbonyl (C=O) groups is 1. The average Bonchev–Trinajstić information content (AvgIpc) is 2.10. The fourth-order valence-electron chi connectivity index (χ4n) is 0.727. The first-order chi connectivity index (χ1) is 4.61. The van der Waals surface area contributed by atoms with Crippen molar-refractivity contribution in [2.24, 2.45) is 0 Å². The Morgan fingerprint density at radius 1 is 1.80 bits per heavy atom. The van der Waals surface area contributed by atoms with E-state index in [0.717, 1.165) is 0 Å². The number of aryl methyl sites for hydroxylation is 1. The Hall–Kier alpha value is -1.26. The fourth-order valence-corrected chi connectivity index (χ4v) is 0.727. The number of oxazole rings is 1. The van der Waals surface area contributed by atoms with E-state index in [2.05, 4.69) is 4.98 Å². The molecule has 0 saturated heterocycles. The minimum Gasteiger partial charge on any atom is -0.476 e. The molecule has 0 radical (unpaired) electrons. The number of aromatic carboxylic acids is 1. The van der Waals surface area contributed by atoms with Gasteiger partial charge >= 0.3 is 5.97 Å². The second kappa shape index (κ2) is 2.17. The van der Waals surface area contributed by atoms with E-state index in [-0.39, 0.29) is 5.69 Å². The summed E-state index contributed by atoms with van der Waals surface area (Å²) in [5.41, 5.74) is 0.350. The van der Waals surface area contributed by atoms with Gasteiger partial charge in [-0.15, -0.1) is 0 Å². The van der Waals surface area contributed by atoms with Crippen molar-refractivity contribution in [1.82, 2.24) is 4.98 Å². The maximum atomic E-state index is 10.3. The van der Waals surface area contributed by atoms with Crippen LogP contribution in [0.1, 0.15) is 16.4 Å². The van der Waals surface area contributed by atoms with Crippen LogP contribution in [0.2, 0.25) is 0 Å². The van der Waals surface area contributed by atoms with Crippen LogP contribution in [-0.4, -0.2) is 23.9 Å². The number of carboxylic acid groups (broad SMARTS) is 1. The lowest BCUT2D eigenvalue weighted by molar-refractivity contribution is 0.0692. The summed E-state index contributed by atoms with van der Waals surface area (Å²) in [5.74, 6) is -0.663. The van der Waals surface area contributed by atoms with E-state index >= 15 is 0 Å². The van der Waals surface area contributed by atoms with Crippen LogP contribution in [0.4, 0.5) is 0 Å². The molecule has 10 heavy (non-hydrogen) atoms. The van der Waals surface area contributed by atoms with E-state index in [0.29, 0.717) is 11.6 Å². The quantitative estimate of drug-likeness (QED) is 0.503. The van der Waals surface area contributed by atoms with E-state index in [4.69, 9.17) is 9.52 Å². The van der Waals surface area contributed by atoms with Gasteiger partial charge in [0.05, 0.1) is 5.66 Å². The second-order valence-electron chi connectivity index (χ2n) is 1.94. The zero-order valence-corrected chi connectivity index (χ0v) is 5.71. The van der Waals surface area contributed by atoms with Crippen molar-refractivity contribution < 1.29 is 14.3 Å². The van der Waals surface area contributed by atoms with Crippen LogP contribution in [0.25, 0.3) is 0 Å². The highest BCUT2D eigenvalue weighted by Gasteiger charge is 2.12. The smallest absolute Gasteiger partial charge is 0.357 e. The molecular formula is C5H6BNO3. The van der Waals surface area contributed by atoms with Gasteiger partial charge in [0.15, 0.2) is 19.4 Å². The lowest BCUT2D eigenvalue weighted by Gasteiger charge is -1.83. The van der Waals surface area contributed by atoms with Crippen molar-refractivity contribution in [3.63, 3.8) is 0 Å². The van der Waals surface area contributed by atoms with Gasteiger partial charge in [0.2, 0.25) is 0 Å². The highest BCUT2D eigenvalue weighted by molar-refractivity contribution is 6.33. The highest BCUT2D eigenvalue weighted by atomic mass is 16.4. The van der Waals surface area contributed by atoms with Gasteiger partial charge in [0.25, 0.3) is 0 Å². The van der Waals surface area contributed by atoms with Crippen molar-refractivity contribution in [1.29, 1.82) is 0 Å². The van der Waals surface area contributed by atoms with Gasteiger partial charge in [-0.05, 0) is 0 Å². The van der Waals surface area contributed by atoms with Crippen LogP contribution < -0.4 is 5.66 Å². The molecule has 0 aliphatic carbocycles. The lowest BCUT2D eigenvalue weighted by Crippen LogP contribution is -2.12. The third-order valence-electron chi connectivity index (χ3n) is 1.11. The molecule has 0 aliphatic heterocycles. The number of carboxylic acids is 1. The third-order valence-corrected chi connectivity index (χ3v) is 1.11. The van der Waals surface area contributed by atoms with Gasteiger partial charge in [0, 0.05) is 6.92 Å². The molecule has 0 aliphatic rings. The monoisotopic (exact) mass is 139 g/mol. The highest BCUT2D eigenvalue weighted by Crippen LogP contribution is 1.94. The zero-order chi connectivity index (χ0) is 7.72. The van der Waals surface area contributed by atoms with Crippen molar-refractivity contribution in [2.75, 3.05) is 0 Å². The molecule has 0 spiro atoms. The van der Waals surface area contributed by atoms with Gasteiger partial charge in [-0.25, -0.2) is 9.78 Å². The third kappa shape index (κ3) is 1.02. The van der Waals surface area contributed by atoms with Gasteiger partial charge in [-0.2, -0.15) is 0 Å². The van der Waals surface area contributed by atoms with Crippen LogP contribution in [-0.2, 0) is 0 Å². The Balaban J connectivity index is 3.15. The maximum absolute atomic E-state index is 10.3. The van der Waals surface area contributed by atoms with Crippen LogP contribution >= 0.6 is 0 Å². The normalized spacial score (nSPS) is 9.70. The summed E-state index contributed by atoms with van der Waals surface area (Å²) in [6.45, 7) is 1.61. The second-order valence-corrected chi connectivity index (χ2v) is 1.94. The van der Waals surface area contributed by atoms with E-state index in [1.165, 1.54) is 0 Å². The summed E-state index contributed by atoms with van der Waals surface area (Å²) >= 11 is 0. The number of nitrogens with zero attached hydrogens (tertiary/aromatic N) is 1. The van der Waals surface area contributed by atoms with Crippen molar-refractivity contribution in [2.45, 2.75) is 6.92 Å². The first-order valence-corrected chi connectivity index (χ1v) is 2.78. The molecule has 5 heteroatoms. The number of hydrogen-bond donors (Lipinski definition) is 1. The molecular weight excluding hydrogens is 133 g/mol. The van der Waals surface area contributed by atoms with Crippen LogP contribution in [0.5, 0.6) is 0 Å².